The fourth-order valence-corrected chi connectivity index (χ4v) is 3.08. The lowest BCUT2D eigenvalue weighted by atomic mass is 10.1. The minimum atomic E-state index is -1.000. The van der Waals surface area contributed by atoms with Gasteiger partial charge in [0.1, 0.15) is 0 Å². The fraction of sp³-hybridized carbons (Fsp3) is 0.143. The van der Waals surface area contributed by atoms with Crippen LogP contribution in [0.5, 0.6) is 0 Å². The van der Waals surface area contributed by atoms with Crippen molar-refractivity contribution in [3.63, 3.8) is 0 Å². The van der Waals surface area contributed by atoms with E-state index in [1.807, 2.05) is 37.5 Å². The lowest BCUT2D eigenvalue weighted by molar-refractivity contribution is -0.384. The van der Waals surface area contributed by atoms with Crippen molar-refractivity contribution in [1.29, 1.82) is 0 Å². The van der Waals surface area contributed by atoms with Crippen LogP contribution in [0.15, 0.2) is 53.5 Å². The van der Waals surface area contributed by atoms with E-state index >= 15 is 0 Å². The van der Waals surface area contributed by atoms with Crippen molar-refractivity contribution in [2.24, 2.45) is 4.99 Å². The fourth-order valence-electron chi connectivity index (χ4n) is 3.08. The predicted molar refractivity (Wildman–Crippen MR) is 107 cm³/mol. The Kier molecular flexibility index (Phi) is 5.08. The molecule has 0 unspecified atom stereocenters. The largest absolute Gasteiger partial charge is 0.478 e. The highest BCUT2D eigenvalue weighted by Gasteiger charge is 2.13. The molecule has 0 aliphatic heterocycles. The van der Waals surface area contributed by atoms with E-state index in [0.29, 0.717) is 11.4 Å². The molecule has 0 atom stereocenters. The molecule has 1 heterocycles. The van der Waals surface area contributed by atoms with Crippen LogP contribution >= 0.6 is 0 Å². The highest BCUT2D eigenvalue weighted by Crippen LogP contribution is 2.25. The van der Waals surface area contributed by atoms with Gasteiger partial charge in [-0.3, -0.25) is 15.1 Å². The number of hydrogen-bond acceptors (Lipinski definition) is 4. The number of benzene rings is 2. The van der Waals surface area contributed by atoms with Crippen LogP contribution in [0.3, 0.4) is 0 Å². The number of non-ortho nitro benzene ring substituents is 1. The maximum atomic E-state index is 11.2. The molecule has 3 rings (SSSR count). The molecular formula is C21H19N3O4. The van der Waals surface area contributed by atoms with Crippen LogP contribution < -0.4 is 0 Å². The number of aryl methyl sites for hydroxylation is 2. The Hall–Kier alpha value is -3.74. The molecule has 142 valence electrons. The number of aromatic carboxylic acids is 1. The average Bonchev–Trinajstić information content (AvgIpc) is 2.94. The number of rotatable bonds is 5. The first-order chi connectivity index (χ1) is 13.3. The summed E-state index contributed by atoms with van der Waals surface area (Å²) in [5.74, 6) is -1.000. The Morgan fingerprint density at radius 3 is 2.57 bits per heavy atom. The van der Waals surface area contributed by atoms with E-state index in [2.05, 4.69) is 4.99 Å². The molecule has 0 amide bonds. The first kappa shape index (κ1) is 19.0. The van der Waals surface area contributed by atoms with Gasteiger partial charge in [0.15, 0.2) is 0 Å². The van der Waals surface area contributed by atoms with Gasteiger partial charge in [0.25, 0.3) is 5.69 Å². The summed E-state index contributed by atoms with van der Waals surface area (Å²) in [5, 5.41) is 20.2. The van der Waals surface area contributed by atoms with E-state index in [1.165, 1.54) is 18.2 Å². The van der Waals surface area contributed by atoms with Gasteiger partial charge in [0, 0.05) is 35.3 Å². The van der Waals surface area contributed by atoms with Crippen LogP contribution in [0.2, 0.25) is 0 Å². The highest BCUT2D eigenvalue weighted by molar-refractivity contribution is 5.90. The van der Waals surface area contributed by atoms with Crippen LogP contribution in [0.25, 0.3) is 5.69 Å². The third-order valence-electron chi connectivity index (χ3n) is 4.57. The topological polar surface area (TPSA) is 97.7 Å². The minimum absolute atomic E-state index is 0.0290. The van der Waals surface area contributed by atoms with Gasteiger partial charge in [-0.15, -0.1) is 0 Å². The summed E-state index contributed by atoms with van der Waals surface area (Å²) < 4.78 is 1.93. The first-order valence-electron chi connectivity index (χ1n) is 8.59. The number of nitrogens with zero attached hydrogens (tertiary/aromatic N) is 3. The zero-order valence-corrected chi connectivity index (χ0v) is 15.7. The lowest BCUT2D eigenvalue weighted by Crippen LogP contribution is -2.00. The third kappa shape index (κ3) is 3.68. The SMILES string of the molecule is Cc1ccc(C(=O)O)cc1N=Cc1cc(C)n(-c2cccc([N+](=O)[O-])c2)c1C. The lowest BCUT2D eigenvalue weighted by Gasteiger charge is -2.09. The molecule has 0 aliphatic rings. The Bertz CT molecular complexity index is 1110. The van der Waals surface area contributed by atoms with Gasteiger partial charge >= 0.3 is 5.97 Å². The van der Waals surface area contributed by atoms with Gasteiger partial charge in [-0.2, -0.15) is 0 Å². The summed E-state index contributed by atoms with van der Waals surface area (Å²) in [7, 11) is 0. The molecule has 1 aromatic heterocycles. The monoisotopic (exact) mass is 377 g/mol. The molecule has 0 aliphatic carbocycles. The van der Waals surface area contributed by atoms with Gasteiger partial charge in [-0.05, 0) is 50.6 Å². The Balaban J connectivity index is 2.00. The maximum Gasteiger partial charge on any atom is 0.335 e. The van der Waals surface area contributed by atoms with E-state index in [9.17, 15) is 14.9 Å². The molecule has 7 nitrogen and oxygen atoms in total. The van der Waals surface area contributed by atoms with Gasteiger partial charge in [0.2, 0.25) is 0 Å². The summed E-state index contributed by atoms with van der Waals surface area (Å²) in [4.78, 5) is 26.3. The highest BCUT2D eigenvalue weighted by atomic mass is 16.6. The summed E-state index contributed by atoms with van der Waals surface area (Å²) in [6.45, 7) is 5.69. The standard InChI is InChI=1S/C21H19N3O4/c1-13-7-8-16(21(25)26)10-20(13)22-12-17-9-14(2)23(15(17)3)18-5-4-6-19(11-18)24(27)28/h4-12H,1-3H3,(H,25,26). The molecule has 0 bridgehead atoms. The van der Waals surface area contributed by atoms with Crippen LogP contribution in [0.1, 0.15) is 32.9 Å². The van der Waals surface area contributed by atoms with Crippen molar-refractivity contribution in [2.75, 3.05) is 0 Å². The predicted octanol–water partition coefficient (Wildman–Crippen LogP) is 4.76. The number of nitro benzene ring substituents is 1. The average molecular weight is 377 g/mol. The van der Waals surface area contributed by atoms with Gasteiger partial charge in [-0.1, -0.05) is 12.1 Å². The summed E-state index contributed by atoms with van der Waals surface area (Å²) >= 11 is 0. The smallest absolute Gasteiger partial charge is 0.335 e. The molecule has 0 saturated heterocycles. The van der Waals surface area contributed by atoms with Crippen molar-refractivity contribution in [3.05, 3.63) is 86.7 Å². The maximum absolute atomic E-state index is 11.2. The Morgan fingerprint density at radius 2 is 1.89 bits per heavy atom. The Labute approximate surface area is 161 Å². The van der Waals surface area contributed by atoms with E-state index in [0.717, 1.165) is 22.5 Å². The molecule has 3 aromatic rings. The number of carboxylic acids is 1. The number of carbonyl (C=O) groups is 1. The van der Waals surface area contributed by atoms with Gasteiger partial charge in [-0.25, -0.2) is 4.79 Å². The number of carboxylic acid groups (broad SMARTS) is 1. The van der Waals surface area contributed by atoms with Crippen molar-refractivity contribution in [2.45, 2.75) is 20.8 Å². The zero-order chi connectivity index (χ0) is 20.4. The van der Waals surface area contributed by atoms with Crippen LogP contribution in [-0.2, 0) is 0 Å². The molecule has 1 N–H and O–H groups in total. The number of aromatic nitrogens is 1. The van der Waals surface area contributed by atoms with Crippen molar-refractivity contribution in [3.8, 4) is 5.69 Å². The summed E-state index contributed by atoms with van der Waals surface area (Å²) in [6.07, 6.45) is 1.68. The van der Waals surface area contributed by atoms with Crippen LogP contribution in [0.4, 0.5) is 11.4 Å². The summed E-state index contributed by atoms with van der Waals surface area (Å²) in [6, 6.07) is 13.2. The van der Waals surface area contributed by atoms with Gasteiger partial charge < -0.3 is 9.67 Å². The molecule has 0 saturated carbocycles. The van der Waals surface area contributed by atoms with Crippen molar-refractivity contribution in [1.82, 2.24) is 4.57 Å². The molecule has 0 fully saturated rings. The van der Waals surface area contributed by atoms with Gasteiger partial charge in [0.05, 0.1) is 21.9 Å². The Morgan fingerprint density at radius 1 is 1.14 bits per heavy atom. The molecule has 0 radical (unpaired) electrons. The quantitative estimate of drug-likeness (QED) is 0.394. The normalized spacial score (nSPS) is 11.1. The van der Waals surface area contributed by atoms with Crippen molar-refractivity contribution < 1.29 is 14.8 Å². The molecule has 0 spiro atoms. The molecular weight excluding hydrogens is 358 g/mol. The molecule has 28 heavy (non-hydrogen) atoms. The second kappa shape index (κ2) is 7.48. The van der Waals surface area contributed by atoms with E-state index in [4.69, 9.17) is 5.11 Å². The number of hydrogen-bond donors (Lipinski definition) is 1. The third-order valence-corrected chi connectivity index (χ3v) is 4.57. The number of nitro groups is 1. The second-order valence-corrected chi connectivity index (χ2v) is 6.50. The first-order valence-corrected chi connectivity index (χ1v) is 8.59. The molecule has 7 heteroatoms. The zero-order valence-electron chi connectivity index (χ0n) is 15.7. The summed E-state index contributed by atoms with van der Waals surface area (Å²) in [5.41, 5.74) is 5.01. The second-order valence-electron chi connectivity index (χ2n) is 6.50. The van der Waals surface area contributed by atoms with E-state index in [-0.39, 0.29) is 11.3 Å². The van der Waals surface area contributed by atoms with Crippen LogP contribution in [-0.4, -0.2) is 26.8 Å². The van der Waals surface area contributed by atoms with E-state index in [1.54, 1.807) is 24.4 Å². The number of aliphatic imine (C=N–C) groups is 1. The van der Waals surface area contributed by atoms with Crippen LogP contribution in [0, 0.1) is 30.9 Å². The van der Waals surface area contributed by atoms with Crippen molar-refractivity contribution >= 4 is 23.6 Å². The minimum Gasteiger partial charge on any atom is -0.478 e. The molecule has 2 aromatic carbocycles. The van der Waals surface area contributed by atoms with E-state index < -0.39 is 10.9 Å².